The van der Waals surface area contributed by atoms with Gasteiger partial charge in [0.1, 0.15) is 5.75 Å². The van der Waals surface area contributed by atoms with E-state index in [2.05, 4.69) is 28.5 Å². The number of rotatable bonds is 5. The zero-order chi connectivity index (χ0) is 13.1. The molecule has 0 radical (unpaired) electrons. The van der Waals surface area contributed by atoms with Crippen LogP contribution < -0.4 is 10.1 Å². The highest BCUT2D eigenvalue weighted by molar-refractivity contribution is 5.36. The zero-order valence-corrected chi connectivity index (χ0v) is 11.0. The number of pyridine rings is 1. The molecule has 1 fully saturated rings. The van der Waals surface area contributed by atoms with Crippen molar-refractivity contribution in [3.63, 3.8) is 0 Å². The quantitative estimate of drug-likeness (QED) is 0.890. The molecule has 1 heterocycles. The van der Waals surface area contributed by atoms with Crippen LogP contribution in [0.2, 0.25) is 0 Å². The molecule has 0 aliphatic heterocycles. The van der Waals surface area contributed by atoms with Gasteiger partial charge in [-0.25, -0.2) is 0 Å². The molecular weight excluding hydrogens is 236 g/mol. The first-order chi connectivity index (χ1) is 9.36. The minimum atomic E-state index is 0.172. The largest absolute Gasteiger partial charge is 0.490 e. The Morgan fingerprint density at radius 1 is 1.16 bits per heavy atom. The third-order valence-electron chi connectivity index (χ3n) is 3.35. The maximum absolute atomic E-state index is 5.86. The summed E-state index contributed by atoms with van der Waals surface area (Å²) < 4.78 is 5.86. The lowest BCUT2D eigenvalue weighted by Gasteiger charge is -2.18. The van der Waals surface area contributed by atoms with Crippen LogP contribution in [0.15, 0.2) is 48.8 Å². The first-order valence-electron chi connectivity index (χ1n) is 6.70. The first kappa shape index (κ1) is 12.2. The Labute approximate surface area is 113 Å². The second-order valence-electron chi connectivity index (χ2n) is 4.89. The van der Waals surface area contributed by atoms with Crippen molar-refractivity contribution in [3.8, 4) is 5.75 Å². The third kappa shape index (κ3) is 2.93. The summed E-state index contributed by atoms with van der Waals surface area (Å²) in [6, 6.07) is 12.6. The van der Waals surface area contributed by atoms with Crippen molar-refractivity contribution in [2.45, 2.75) is 25.0 Å². The van der Waals surface area contributed by atoms with E-state index < -0.39 is 0 Å². The van der Waals surface area contributed by atoms with Crippen LogP contribution in [-0.2, 0) is 0 Å². The second-order valence-corrected chi connectivity index (χ2v) is 4.89. The van der Waals surface area contributed by atoms with Crippen molar-refractivity contribution in [1.82, 2.24) is 10.3 Å². The Kier molecular flexibility index (Phi) is 3.47. The van der Waals surface area contributed by atoms with Crippen molar-refractivity contribution < 1.29 is 4.74 Å². The van der Waals surface area contributed by atoms with Crippen molar-refractivity contribution in [1.29, 1.82) is 0 Å². The SMILES string of the molecule is CNC(c1ccncc1)c1cccc(OC2CC2)c1. The molecule has 0 amide bonds. The monoisotopic (exact) mass is 254 g/mol. The lowest BCUT2D eigenvalue weighted by atomic mass is 10.00. The van der Waals surface area contributed by atoms with Gasteiger partial charge in [-0.2, -0.15) is 0 Å². The predicted molar refractivity (Wildman–Crippen MR) is 75.2 cm³/mol. The van der Waals surface area contributed by atoms with E-state index in [9.17, 15) is 0 Å². The molecule has 1 N–H and O–H groups in total. The fourth-order valence-electron chi connectivity index (χ4n) is 2.23. The minimum absolute atomic E-state index is 0.172. The molecule has 1 saturated carbocycles. The number of aromatic nitrogens is 1. The van der Waals surface area contributed by atoms with Gasteiger partial charge in [0, 0.05) is 12.4 Å². The smallest absolute Gasteiger partial charge is 0.120 e. The number of ether oxygens (including phenoxy) is 1. The molecule has 1 atom stereocenters. The number of benzene rings is 1. The number of hydrogen-bond acceptors (Lipinski definition) is 3. The molecule has 1 aliphatic carbocycles. The van der Waals surface area contributed by atoms with Gasteiger partial charge >= 0.3 is 0 Å². The summed E-state index contributed by atoms with van der Waals surface area (Å²) >= 11 is 0. The molecule has 3 nitrogen and oxygen atoms in total. The van der Waals surface area contributed by atoms with Gasteiger partial charge in [-0.05, 0) is 55.3 Å². The molecule has 1 aromatic carbocycles. The van der Waals surface area contributed by atoms with Gasteiger partial charge in [-0.15, -0.1) is 0 Å². The molecule has 0 bridgehead atoms. The number of nitrogens with one attached hydrogen (secondary N) is 1. The standard InChI is InChI=1S/C16H18N2O/c1-17-16(12-7-9-18-10-8-12)13-3-2-4-15(11-13)19-14-5-6-14/h2-4,7-11,14,16-17H,5-6H2,1H3. The predicted octanol–water partition coefficient (Wildman–Crippen LogP) is 2.93. The van der Waals surface area contributed by atoms with Gasteiger partial charge in [-0.3, -0.25) is 4.98 Å². The minimum Gasteiger partial charge on any atom is -0.490 e. The Hall–Kier alpha value is -1.87. The van der Waals surface area contributed by atoms with Gasteiger partial charge in [0.25, 0.3) is 0 Å². The average Bonchev–Trinajstić information content (AvgIpc) is 3.25. The molecule has 0 saturated heterocycles. The topological polar surface area (TPSA) is 34.2 Å². The van der Waals surface area contributed by atoms with Crippen molar-refractivity contribution >= 4 is 0 Å². The van der Waals surface area contributed by atoms with Crippen LogP contribution in [0.25, 0.3) is 0 Å². The first-order valence-corrected chi connectivity index (χ1v) is 6.70. The van der Waals surface area contributed by atoms with Crippen molar-refractivity contribution in [2.75, 3.05) is 7.05 Å². The van der Waals surface area contributed by atoms with Crippen molar-refractivity contribution in [3.05, 3.63) is 59.9 Å². The van der Waals surface area contributed by atoms with Crippen LogP contribution in [0.3, 0.4) is 0 Å². The summed E-state index contributed by atoms with van der Waals surface area (Å²) in [5.74, 6) is 0.967. The van der Waals surface area contributed by atoms with Gasteiger partial charge in [0.2, 0.25) is 0 Å². The Bertz CT molecular complexity index is 537. The molecule has 19 heavy (non-hydrogen) atoms. The fourth-order valence-corrected chi connectivity index (χ4v) is 2.23. The van der Waals surface area contributed by atoms with Gasteiger partial charge < -0.3 is 10.1 Å². The van der Waals surface area contributed by atoms with Gasteiger partial charge in [0.15, 0.2) is 0 Å². The van der Waals surface area contributed by atoms with Crippen molar-refractivity contribution in [2.24, 2.45) is 0 Å². The third-order valence-corrected chi connectivity index (χ3v) is 3.35. The highest BCUT2D eigenvalue weighted by Crippen LogP contribution is 2.29. The summed E-state index contributed by atoms with van der Waals surface area (Å²) in [7, 11) is 1.97. The van der Waals surface area contributed by atoms with E-state index in [1.54, 1.807) is 0 Å². The normalized spacial score (nSPS) is 16.1. The maximum Gasteiger partial charge on any atom is 0.120 e. The fraction of sp³-hybridized carbons (Fsp3) is 0.312. The van der Waals surface area contributed by atoms with Crippen LogP contribution in [0.1, 0.15) is 30.0 Å². The Morgan fingerprint density at radius 2 is 1.95 bits per heavy atom. The molecule has 1 aromatic heterocycles. The number of nitrogens with zero attached hydrogens (tertiary/aromatic N) is 1. The van der Waals surface area contributed by atoms with E-state index in [1.165, 1.54) is 24.0 Å². The summed E-state index contributed by atoms with van der Waals surface area (Å²) in [6.07, 6.45) is 6.45. The molecule has 1 unspecified atom stereocenters. The molecule has 3 rings (SSSR count). The second kappa shape index (κ2) is 5.41. The Balaban J connectivity index is 1.86. The summed E-state index contributed by atoms with van der Waals surface area (Å²) in [5, 5.41) is 3.35. The van der Waals surface area contributed by atoms with E-state index in [1.807, 2.05) is 37.6 Å². The lowest BCUT2D eigenvalue weighted by Crippen LogP contribution is -2.17. The molecule has 1 aliphatic rings. The Morgan fingerprint density at radius 3 is 2.63 bits per heavy atom. The van der Waals surface area contributed by atoms with E-state index >= 15 is 0 Å². The average molecular weight is 254 g/mol. The highest BCUT2D eigenvalue weighted by Gasteiger charge is 2.23. The summed E-state index contributed by atoms with van der Waals surface area (Å²) in [5.41, 5.74) is 2.42. The van der Waals surface area contributed by atoms with Gasteiger partial charge in [-0.1, -0.05) is 12.1 Å². The van der Waals surface area contributed by atoms with E-state index in [0.717, 1.165) is 5.75 Å². The molecule has 2 aromatic rings. The summed E-state index contributed by atoms with van der Waals surface area (Å²) in [4.78, 5) is 4.07. The lowest BCUT2D eigenvalue weighted by molar-refractivity contribution is 0.302. The number of hydrogen-bond donors (Lipinski definition) is 1. The van der Waals surface area contributed by atoms with E-state index in [-0.39, 0.29) is 6.04 Å². The summed E-state index contributed by atoms with van der Waals surface area (Å²) in [6.45, 7) is 0. The van der Waals surface area contributed by atoms with E-state index in [4.69, 9.17) is 4.74 Å². The highest BCUT2D eigenvalue weighted by atomic mass is 16.5. The molecule has 3 heteroatoms. The maximum atomic E-state index is 5.86. The molecule has 98 valence electrons. The van der Waals surface area contributed by atoms with Crippen LogP contribution >= 0.6 is 0 Å². The van der Waals surface area contributed by atoms with Gasteiger partial charge in [0.05, 0.1) is 12.1 Å². The molecule has 0 spiro atoms. The van der Waals surface area contributed by atoms with Crippen LogP contribution in [0.4, 0.5) is 0 Å². The van der Waals surface area contributed by atoms with Crippen LogP contribution in [0, 0.1) is 0 Å². The molecular formula is C16H18N2O. The van der Waals surface area contributed by atoms with Crippen LogP contribution in [-0.4, -0.2) is 18.1 Å². The van der Waals surface area contributed by atoms with Crippen LogP contribution in [0.5, 0.6) is 5.75 Å². The zero-order valence-electron chi connectivity index (χ0n) is 11.0. The van der Waals surface area contributed by atoms with E-state index in [0.29, 0.717) is 6.10 Å².